The summed E-state index contributed by atoms with van der Waals surface area (Å²) >= 11 is 0. The van der Waals surface area contributed by atoms with Gasteiger partial charge in [-0.05, 0) is 44.6 Å². The highest BCUT2D eigenvalue weighted by molar-refractivity contribution is 5.17. The van der Waals surface area contributed by atoms with Gasteiger partial charge in [0, 0.05) is 12.6 Å². The lowest BCUT2D eigenvalue weighted by Crippen LogP contribution is -2.35. The van der Waals surface area contributed by atoms with E-state index in [-0.39, 0.29) is 0 Å². The number of hydrogen-bond acceptors (Lipinski definition) is 2. The summed E-state index contributed by atoms with van der Waals surface area (Å²) in [5.74, 6) is 0.700. The summed E-state index contributed by atoms with van der Waals surface area (Å²) in [6, 6.07) is 0.312. The molecule has 1 atom stereocenters. The molecule has 0 saturated carbocycles. The fraction of sp³-hybridized carbons (Fsp3) is 0.733. The quantitative estimate of drug-likeness (QED) is 0.636. The predicted octanol–water partition coefficient (Wildman–Crippen LogP) is 3.01. The molecule has 1 unspecified atom stereocenters. The van der Waals surface area contributed by atoms with E-state index in [1.165, 1.54) is 25.7 Å². The molecule has 2 nitrogen and oxygen atoms in total. The zero-order valence-electron chi connectivity index (χ0n) is 11.4. The van der Waals surface area contributed by atoms with E-state index >= 15 is 0 Å². The van der Waals surface area contributed by atoms with Crippen molar-refractivity contribution in [3.05, 3.63) is 23.8 Å². The highest BCUT2D eigenvalue weighted by Crippen LogP contribution is 2.16. The van der Waals surface area contributed by atoms with Gasteiger partial charge in [0.25, 0.3) is 0 Å². The molecule has 0 bridgehead atoms. The van der Waals surface area contributed by atoms with Gasteiger partial charge in [0.15, 0.2) is 0 Å². The van der Waals surface area contributed by atoms with Crippen molar-refractivity contribution in [2.45, 2.75) is 52.0 Å². The van der Waals surface area contributed by atoms with Crippen LogP contribution in [0, 0.1) is 5.92 Å². The van der Waals surface area contributed by atoms with Crippen LogP contribution in [-0.2, 0) is 0 Å². The van der Waals surface area contributed by atoms with Crippen LogP contribution in [0.25, 0.3) is 0 Å². The van der Waals surface area contributed by atoms with E-state index in [0.717, 1.165) is 19.5 Å². The molecule has 0 saturated heterocycles. The van der Waals surface area contributed by atoms with Crippen molar-refractivity contribution in [2.24, 2.45) is 11.7 Å². The second kappa shape index (κ2) is 8.48. The van der Waals surface area contributed by atoms with Crippen LogP contribution in [0.15, 0.2) is 23.8 Å². The van der Waals surface area contributed by atoms with Crippen LogP contribution in [-0.4, -0.2) is 19.1 Å². The van der Waals surface area contributed by atoms with E-state index in [4.69, 9.17) is 5.73 Å². The minimum absolute atomic E-state index is 0.312. The van der Waals surface area contributed by atoms with E-state index in [1.807, 2.05) is 0 Å². The largest absolute Gasteiger partial charge is 0.327 e. The van der Waals surface area contributed by atoms with Gasteiger partial charge in [-0.2, -0.15) is 0 Å². The van der Waals surface area contributed by atoms with Crippen LogP contribution < -0.4 is 11.1 Å². The Bertz CT molecular complexity index is 254. The predicted molar refractivity (Wildman–Crippen MR) is 76.0 cm³/mol. The van der Waals surface area contributed by atoms with Gasteiger partial charge in [-0.15, -0.1) is 0 Å². The Labute approximate surface area is 106 Å². The van der Waals surface area contributed by atoms with Crippen LogP contribution in [0.2, 0.25) is 0 Å². The summed E-state index contributed by atoms with van der Waals surface area (Å²) in [5, 5.41) is 3.46. The Kier molecular flexibility index (Phi) is 7.22. The first-order valence-corrected chi connectivity index (χ1v) is 6.99. The molecule has 0 aliphatic heterocycles. The van der Waals surface area contributed by atoms with Crippen molar-refractivity contribution >= 4 is 0 Å². The van der Waals surface area contributed by atoms with Gasteiger partial charge in [0.05, 0.1) is 0 Å². The summed E-state index contributed by atoms with van der Waals surface area (Å²) in [5.41, 5.74) is 7.61. The van der Waals surface area contributed by atoms with Crippen LogP contribution in [0.1, 0.15) is 46.0 Å². The molecule has 0 amide bonds. The summed E-state index contributed by atoms with van der Waals surface area (Å²) in [6.07, 6.45) is 12.8. The second-order valence-electron chi connectivity index (χ2n) is 5.49. The van der Waals surface area contributed by atoms with Gasteiger partial charge in [0.2, 0.25) is 0 Å². The number of nitrogens with two attached hydrogens (primary N) is 1. The minimum atomic E-state index is 0.312. The zero-order chi connectivity index (χ0) is 12.5. The SMILES string of the molecule is CC(C)CC(N)CNCCCC1=CC=CCC1. The third kappa shape index (κ3) is 7.35. The molecule has 2 heteroatoms. The maximum atomic E-state index is 6.02. The van der Waals surface area contributed by atoms with Crippen LogP contribution in [0.5, 0.6) is 0 Å². The first-order chi connectivity index (χ1) is 8.18. The highest BCUT2D eigenvalue weighted by atomic mass is 14.9. The first-order valence-electron chi connectivity index (χ1n) is 6.99. The average molecular weight is 236 g/mol. The molecule has 1 rings (SSSR count). The zero-order valence-corrected chi connectivity index (χ0v) is 11.4. The van der Waals surface area contributed by atoms with E-state index in [9.17, 15) is 0 Å². The van der Waals surface area contributed by atoms with Gasteiger partial charge in [-0.25, -0.2) is 0 Å². The molecule has 3 N–H and O–H groups in total. The smallest absolute Gasteiger partial charge is 0.0167 e. The molecule has 17 heavy (non-hydrogen) atoms. The molecule has 0 radical (unpaired) electrons. The third-order valence-electron chi connectivity index (χ3n) is 3.13. The minimum Gasteiger partial charge on any atom is -0.327 e. The molecule has 0 aromatic rings. The van der Waals surface area contributed by atoms with E-state index in [1.54, 1.807) is 5.57 Å². The molecule has 0 aromatic heterocycles. The number of rotatable bonds is 8. The normalized spacial score (nSPS) is 17.3. The molecule has 0 fully saturated rings. The Morgan fingerprint density at radius 1 is 1.41 bits per heavy atom. The van der Waals surface area contributed by atoms with Gasteiger partial charge >= 0.3 is 0 Å². The van der Waals surface area contributed by atoms with Crippen LogP contribution >= 0.6 is 0 Å². The number of nitrogens with one attached hydrogen (secondary N) is 1. The second-order valence-corrected chi connectivity index (χ2v) is 5.49. The van der Waals surface area contributed by atoms with Crippen molar-refractivity contribution in [3.8, 4) is 0 Å². The molecular formula is C15H28N2. The number of hydrogen-bond donors (Lipinski definition) is 2. The molecule has 1 aliphatic rings. The summed E-state index contributed by atoms with van der Waals surface area (Å²) in [4.78, 5) is 0. The third-order valence-corrected chi connectivity index (χ3v) is 3.13. The molecule has 0 aromatic carbocycles. The maximum absolute atomic E-state index is 6.02. The fourth-order valence-electron chi connectivity index (χ4n) is 2.28. The lowest BCUT2D eigenvalue weighted by molar-refractivity contribution is 0.465. The Morgan fingerprint density at radius 3 is 2.88 bits per heavy atom. The van der Waals surface area contributed by atoms with Crippen molar-refractivity contribution in [1.29, 1.82) is 0 Å². The topological polar surface area (TPSA) is 38.0 Å². The fourth-order valence-corrected chi connectivity index (χ4v) is 2.28. The van der Waals surface area contributed by atoms with Gasteiger partial charge in [-0.3, -0.25) is 0 Å². The van der Waals surface area contributed by atoms with E-state index < -0.39 is 0 Å². The molecule has 0 spiro atoms. The van der Waals surface area contributed by atoms with Gasteiger partial charge in [-0.1, -0.05) is 37.6 Å². The Balaban J connectivity index is 1.97. The molecule has 0 heterocycles. The number of allylic oxidation sites excluding steroid dienone is 4. The Hall–Kier alpha value is -0.600. The lowest BCUT2D eigenvalue weighted by Gasteiger charge is -2.15. The van der Waals surface area contributed by atoms with Gasteiger partial charge < -0.3 is 11.1 Å². The average Bonchev–Trinajstić information content (AvgIpc) is 2.29. The lowest BCUT2D eigenvalue weighted by atomic mass is 10.0. The summed E-state index contributed by atoms with van der Waals surface area (Å²) < 4.78 is 0. The Morgan fingerprint density at radius 2 is 2.24 bits per heavy atom. The van der Waals surface area contributed by atoms with Crippen molar-refractivity contribution < 1.29 is 0 Å². The monoisotopic (exact) mass is 236 g/mol. The van der Waals surface area contributed by atoms with Crippen LogP contribution in [0.3, 0.4) is 0 Å². The van der Waals surface area contributed by atoms with Crippen molar-refractivity contribution in [1.82, 2.24) is 5.32 Å². The summed E-state index contributed by atoms with van der Waals surface area (Å²) in [7, 11) is 0. The molecule has 1 aliphatic carbocycles. The van der Waals surface area contributed by atoms with E-state index in [0.29, 0.717) is 12.0 Å². The van der Waals surface area contributed by atoms with Crippen molar-refractivity contribution in [2.75, 3.05) is 13.1 Å². The maximum Gasteiger partial charge on any atom is 0.0167 e. The molecule has 98 valence electrons. The van der Waals surface area contributed by atoms with Gasteiger partial charge in [0.1, 0.15) is 0 Å². The van der Waals surface area contributed by atoms with Crippen LogP contribution in [0.4, 0.5) is 0 Å². The van der Waals surface area contributed by atoms with E-state index in [2.05, 4.69) is 37.4 Å². The first kappa shape index (κ1) is 14.5. The molecular weight excluding hydrogens is 208 g/mol. The summed E-state index contributed by atoms with van der Waals surface area (Å²) in [6.45, 7) is 6.50. The highest BCUT2D eigenvalue weighted by Gasteiger charge is 2.04. The van der Waals surface area contributed by atoms with Crippen molar-refractivity contribution in [3.63, 3.8) is 0 Å². The standard InChI is InChI=1S/C15H28N2/c1-13(2)11-15(16)12-17-10-6-9-14-7-4-3-5-8-14/h3-4,7,13,15,17H,5-6,8-12,16H2,1-2H3.